The molecule has 2 aromatic rings. The minimum absolute atomic E-state index is 0.0263. The largest absolute Gasteiger partial charge is 0.383 e. The lowest BCUT2D eigenvalue weighted by molar-refractivity contribution is 0.597. The van der Waals surface area contributed by atoms with Crippen molar-refractivity contribution < 1.29 is 8.42 Å². The molecule has 2 heterocycles. The van der Waals surface area contributed by atoms with Gasteiger partial charge in [0.05, 0.1) is 17.1 Å². The average molecular weight is 332 g/mol. The summed E-state index contributed by atoms with van der Waals surface area (Å²) in [5.41, 5.74) is 3.12. The molecule has 0 fully saturated rings. The number of hydrogen-bond acceptors (Lipinski definition) is 5. The molecule has 1 aliphatic heterocycles. The normalized spacial score (nSPS) is 13.8. The molecule has 0 spiro atoms. The van der Waals surface area contributed by atoms with E-state index in [9.17, 15) is 8.42 Å². The number of benzene rings is 1. The zero-order valence-corrected chi connectivity index (χ0v) is 14.0. The summed E-state index contributed by atoms with van der Waals surface area (Å²) in [6.45, 7) is 0.846. The summed E-state index contributed by atoms with van der Waals surface area (Å²) in [6.07, 6.45) is 3.49. The number of nitrogens with one attached hydrogen (secondary N) is 2. The molecule has 0 saturated carbocycles. The molecule has 6 nitrogen and oxygen atoms in total. The number of pyridine rings is 1. The van der Waals surface area contributed by atoms with Gasteiger partial charge in [-0.3, -0.25) is 4.72 Å². The monoisotopic (exact) mass is 332 g/mol. The van der Waals surface area contributed by atoms with Gasteiger partial charge >= 0.3 is 0 Å². The fourth-order valence-electron chi connectivity index (χ4n) is 2.72. The maximum Gasteiger partial charge on any atom is 0.281 e. The number of hydrogen-bond donors (Lipinski definition) is 2. The Bertz CT molecular complexity index is 819. The lowest BCUT2D eigenvalue weighted by Crippen LogP contribution is -2.21. The Morgan fingerprint density at radius 2 is 2.04 bits per heavy atom. The first-order chi connectivity index (χ1) is 11.0. The van der Waals surface area contributed by atoms with E-state index in [2.05, 4.69) is 15.0 Å². The number of rotatable bonds is 4. The quantitative estimate of drug-likeness (QED) is 0.899. The maximum absolute atomic E-state index is 12.8. The zero-order valence-electron chi connectivity index (χ0n) is 13.2. The molecule has 7 heteroatoms. The molecule has 0 amide bonds. The number of anilines is 3. The van der Waals surface area contributed by atoms with Crippen molar-refractivity contribution in [1.29, 1.82) is 0 Å². The summed E-state index contributed by atoms with van der Waals surface area (Å²) in [5, 5.41) is 3.31. The Morgan fingerprint density at radius 3 is 2.83 bits per heavy atom. The van der Waals surface area contributed by atoms with Gasteiger partial charge in [0.25, 0.3) is 10.0 Å². The number of sulfonamides is 1. The van der Waals surface area contributed by atoms with Gasteiger partial charge in [-0.1, -0.05) is 12.1 Å². The van der Waals surface area contributed by atoms with Gasteiger partial charge < -0.3 is 10.2 Å². The third-order valence-electron chi connectivity index (χ3n) is 3.81. The number of aromatic nitrogens is 1. The van der Waals surface area contributed by atoms with Gasteiger partial charge in [0, 0.05) is 26.8 Å². The maximum atomic E-state index is 12.8. The second-order valence-corrected chi connectivity index (χ2v) is 7.30. The van der Waals surface area contributed by atoms with Crippen LogP contribution < -0.4 is 14.9 Å². The van der Waals surface area contributed by atoms with Gasteiger partial charge in [-0.15, -0.1) is 0 Å². The third kappa shape index (κ3) is 3.10. The first-order valence-corrected chi connectivity index (χ1v) is 8.98. The van der Waals surface area contributed by atoms with Crippen LogP contribution in [-0.4, -0.2) is 34.0 Å². The van der Waals surface area contributed by atoms with Crippen molar-refractivity contribution in [2.45, 2.75) is 17.9 Å². The highest BCUT2D eigenvalue weighted by atomic mass is 32.2. The van der Waals surface area contributed by atoms with E-state index < -0.39 is 10.0 Å². The Balaban J connectivity index is 2.00. The Kier molecular flexibility index (Phi) is 4.12. The van der Waals surface area contributed by atoms with Crippen LogP contribution in [0.3, 0.4) is 0 Å². The molecule has 0 unspecified atom stereocenters. The predicted octanol–water partition coefficient (Wildman–Crippen LogP) is 2.31. The number of para-hydroxylation sites is 1. The van der Waals surface area contributed by atoms with E-state index in [0.29, 0.717) is 11.4 Å². The van der Waals surface area contributed by atoms with Gasteiger partial charge in [0.1, 0.15) is 0 Å². The molecule has 0 radical (unpaired) electrons. The molecule has 23 heavy (non-hydrogen) atoms. The molecule has 3 rings (SSSR count). The van der Waals surface area contributed by atoms with E-state index in [0.717, 1.165) is 30.6 Å². The first kappa shape index (κ1) is 15.6. The third-order valence-corrected chi connectivity index (χ3v) is 5.12. The molecular formula is C16H20N4O2S. The minimum Gasteiger partial charge on any atom is -0.383 e. The van der Waals surface area contributed by atoms with Gasteiger partial charge in [0.2, 0.25) is 0 Å². The van der Waals surface area contributed by atoms with E-state index in [1.165, 1.54) is 6.20 Å². The topological polar surface area (TPSA) is 74.3 Å². The molecular weight excluding hydrogens is 312 g/mol. The fourth-order valence-corrected chi connectivity index (χ4v) is 4.00. The van der Waals surface area contributed by atoms with Crippen LogP contribution in [0.15, 0.2) is 41.6 Å². The highest BCUT2D eigenvalue weighted by Crippen LogP contribution is 2.32. The van der Waals surface area contributed by atoms with Crippen LogP contribution in [0.25, 0.3) is 0 Å². The van der Waals surface area contributed by atoms with Crippen molar-refractivity contribution in [3.63, 3.8) is 0 Å². The average Bonchev–Trinajstić information content (AvgIpc) is 2.55. The Labute approximate surface area is 136 Å². The van der Waals surface area contributed by atoms with Crippen molar-refractivity contribution >= 4 is 27.1 Å². The van der Waals surface area contributed by atoms with Gasteiger partial charge in [0.15, 0.2) is 5.03 Å². The number of nitrogens with zero attached hydrogens (tertiary/aromatic N) is 2. The van der Waals surface area contributed by atoms with Crippen LogP contribution in [0, 0.1) is 0 Å². The van der Waals surface area contributed by atoms with Crippen molar-refractivity contribution in [3.8, 4) is 0 Å². The Morgan fingerprint density at radius 1 is 1.22 bits per heavy atom. The summed E-state index contributed by atoms with van der Waals surface area (Å²) >= 11 is 0. The van der Waals surface area contributed by atoms with Crippen molar-refractivity contribution in [2.24, 2.45) is 0 Å². The van der Waals surface area contributed by atoms with Gasteiger partial charge in [-0.2, -0.15) is 8.42 Å². The summed E-state index contributed by atoms with van der Waals surface area (Å²) in [7, 11) is -0.178. The van der Waals surface area contributed by atoms with Gasteiger partial charge in [-0.25, -0.2) is 4.98 Å². The van der Waals surface area contributed by atoms with E-state index in [1.807, 2.05) is 12.1 Å². The van der Waals surface area contributed by atoms with Crippen molar-refractivity contribution in [3.05, 3.63) is 42.1 Å². The second-order valence-electron chi connectivity index (χ2n) is 5.70. The van der Waals surface area contributed by atoms with Gasteiger partial charge in [-0.05, 0) is 36.6 Å². The lowest BCUT2D eigenvalue weighted by atomic mass is 10.0. The summed E-state index contributed by atoms with van der Waals surface area (Å²) in [5.74, 6) is 0. The molecule has 0 aliphatic carbocycles. The number of aryl methyl sites for hydroxylation is 1. The summed E-state index contributed by atoms with van der Waals surface area (Å²) in [6, 6.07) is 9.12. The second kappa shape index (κ2) is 6.08. The van der Waals surface area contributed by atoms with Crippen molar-refractivity contribution in [2.75, 3.05) is 35.6 Å². The summed E-state index contributed by atoms with van der Waals surface area (Å²) in [4.78, 5) is 5.80. The molecule has 1 aromatic heterocycles. The predicted molar refractivity (Wildman–Crippen MR) is 92.6 cm³/mol. The van der Waals surface area contributed by atoms with Crippen LogP contribution >= 0.6 is 0 Å². The van der Waals surface area contributed by atoms with Crippen LogP contribution in [0.2, 0.25) is 0 Å². The smallest absolute Gasteiger partial charge is 0.281 e. The SMILES string of the molecule is CN(C)c1cccnc1S(=O)(=O)Nc1cccc2c1NCCC2. The minimum atomic E-state index is -3.77. The molecule has 0 saturated heterocycles. The van der Waals surface area contributed by atoms with Crippen molar-refractivity contribution in [1.82, 2.24) is 4.98 Å². The zero-order chi connectivity index (χ0) is 16.4. The standard InChI is InChI=1S/C16H20N4O2S/c1-20(2)14-9-5-11-18-16(14)23(21,22)19-13-8-3-6-12-7-4-10-17-15(12)13/h3,5-6,8-9,11,17,19H,4,7,10H2,1-2H3. The molecule has 2 N–H and O–H groups in total. The Hall–Kier alpha value is -2.28. The molecule has 1 aromatic carbocycles. The number of fused-ring (bicyclic) bond motifs is 1. The highest BCUT2D eigenvalue weighted by Gasteiger charge is 2.23. The molecule has 0 atom stereocenters. The fraction of sp³-hybridized carbons (Fsp3) is 0.312. The van der Waals surface area contributed by atoms with Crippen LogP contribution in [0.4, 0.5) is 17.1 Å². The van der Waals surface area contributed by atoms with E-state index in [1.54, 1.807) is 37.2 Å². The van der Waals surface area contributed by atoms with Crippen LogP contribution in [0.1, 0.15) is 12.0 Å². The molecule has 122 valence electrons. The first-order valence-electron chi connectivity index (χ1n) is 7.50. The van der Waals surface area contributed by atoms with E-state index in [4.69, 9.17) is 0 Å². The molecule has 1 aliphatic rings. The van der Waals surface area contributed by atoms with E-state index >= 15 is 0 Å². The van der Waals surface area contributed by atoms with E-state index in [-0.39, 0.29) is 5.03 Å². The highest BCUT2D eigenvalue weighted by molar-refractivity contribution is 7.92. The summed E-state index contributed by atoms with van der Waals surface area (Å²) < 4.78 is 28.2. The van der Waals surface area contributed by atoms with Crippen LogP contribution in [0.5, 0.6) is 0 Å². The molecule has 0 bridgehead atoms. The van der Waals surface area contributed by atoms with Crippen LogP contribution in [-0.2, 0) is 16.4 Å². The lowest BCUT2D eigenvalue weighted by Gasteiger charge is -2.22.